The second-order valence-corrected chi connectivity index (χ2v) is 4.16. The summed E-state index contributed by atoms with van der Waals surface area (Å²) >= 11 is 0. The Hall–Kier alpha value is -2.87. The smallest absolute Gasteiger partial charge is 0.258 e. The first kappa shape index (κ1) is 11.2. The van der Waals surface area contributed by atoms with Crippen LogP contribution in [-0.4, -0.2) is 14.5 Å². The minimum atomic E-state index is -0.161. The van der Waals surface area contributed by atoms with E-state index in [9.17, 15) is 4.79 Å². The average molecular weight is 250 g/mol. The molecule has 0 bridgehead atoms. The summed E-state index contributed by atoms with van der Waals surface area (Å²) in [5.74, 6) is 0.538. The SMILES string of the molecule is N#Cc1cccn1Cc1nc2ccccc2c(=O)[nH]1. The number of fused-ring (bicyclic) bond motifs is 1. The molecule has 3 aromatic rings. The van der Waals surface area contributed by atoms with Crippen LogP contribution >= 0.6 is 0 Å². The Kier molecular flexibility index (Phi) is 2.62. The van der Waals surface area contributed by atoms with E-state index in [4.69, 9.17) is 5.26 Å². The number of aromatic amines is 1. The number of nitrogens with one attached hydrogen (secondary N) is 1. The third kappa shape index (κ3) is 2.00. The first-order valence-electron chi connectivity index (χ1n) is 5.81. The minimum Gasteiger partial charge on any atom is -0.332 e. The molecular formula is C14H10N4O. The van der Waals surface area contributed by atoms with Crippen molar-refractivity contribution >= 4 is 10.9 Å². The van der Waals surface area contributed by atoms with E-state index in [-0.39, 0.29) is 5.56 Å². The van der Waals surface area contributed by atoms with Gasteiger partial charge in [0.1, 0.15) is 17.6 Å². The van der Waals surface area contributed by atoms with Crippen LogP contribution in [0.4, 0.5) is 0 Å². The van der Waals surface area contributed by atoms with E-state index in [1.54, 1.807) is 41.1 Å². The number of hydrogen-bond donors (Lipinski definition) is 1. The molecule has 5 heteroatoms. The van der Waals surface area contributed by atoms with Crippen molar-refractivity contribution in [1.29, 1.82) is 5.26 Å². The number of nitrogens with zero attached hydrogens (tertiary/aromatic N) is 3. The molecule has 92 valence electrons. The number of benzene rings is 1. The zero-order valence-corrected chi connectivity index (χ0v) is 10.00. The molecule has 0 saturated carbocycles. The van der Waals surface area contributed by atoms with Crippen LogP contribution in [0.15, 0.2) is 47.4 Å². The van der Waals surface area contributed by atoms with Gasteiger partial charge in [0.2, 0.25) is 0 Å². The average Bonchev–Trinajstić information content (AvgIpc) is 2.86. The number of H-pyrrole nitrogens is 1. The lowest BCUT2D eigenvalue weighted by Crippen LogP contribution is -2.14. The Morgan fingerprint density at radius 3 is 2.95 bits per heavy atom. The molecule has 1 N–H and O–H groups in total. The van der Waals surface area contributed by atoms with Crippen molar-refractivity contribution in [1.82, 2.24) is 14.5 Å². The molecule has 0 spiro atoms. The predicted octanol–water partition coefficient (Wildman–Crippen LogP) is 1.64. The quantitative estimate of drug-likeness (QED) is 0.751. The van der Waals surface area contributed by atoms with E-state index in [1.165, 1.54) is 0 Å². The van der Waals surface area contributed by atoms with Crippen molar-refractivity contribution in [3.63, 3.8) is 0 Å². The van der Waals surface area contributed by atoms with Gasteiger partial charge in [0.05, 0.1) is 17.4 Å². The Labute approximate surface area is 108 Å². The molecule has 19 heavy (non-hydrogen) atoms. The molecule has 3 rings (SSSR count). The molecule has 0 atom stereocenters. The summed E-state index contributed by atoms with van der Waals surface area (Å²) in [6.45, 7) is 0.371. The highest BCUT2D eigenvalue weighted by molar-refractivity contribution is 5.77. The van der Waals surface area contributed by atoms with Gasteiger partial charge in [0, 0.05) is 6.20 Å². The van der Waals surface area contributed by atoms with Crippen LogP contribution in [-0.2, 0) is 6.54 Å². The van der Waals surface area contributed by atoms with Gasteiger partial charge in [-0.3, -0.25) is 4.79 Å². The lowest BCUT2D eigenvalue weighted by molar-refractivity contribution is 0.741. The second kappa shape index (κ2) is 4.42. The normalized spacial score (nSPS) is 10.5. The molecular weight excluding hydrogens is 240 g/mol. The molecule has 2 aromatic heterocycles. The third-order valence-corrected chi connectivity index (χ3v) is 2.93. The van der Waals surface area contributed by atoms with Gasteiger partial charge < -0.3 is 9.55 Å². The fraction of sp³-hybridized carbons (Fsp3) is 0.0714. The number of nitriles is 1. The van der Waals surface area contributed by atoms with Crippen LogP contribution in [0.2, 0.25) is 0 Å². The molecule has 2 heterocycles. The predicted molar refractivity (Wildman–Crippen MR) is 70.6 cm³/mol. The van der Waals surface area contributed by atoms with Crippen LogP contribution in [0.3, 0.4) is 0 Å². The highest BCUT2D eigenvalue weighted by Gasteiger charge is 2.05. The summed E-state index contributed by atoms with van der Waals surface area (Å²) in [5, 5.41) is 9.52. The lowest BCUT2D eigenvalue weighted by atomic mass is 10.2. The van der Waals surface area contributed by atoms with Gasteiger partial charge in [0.25, 0.3) is 5.56 Å². The summed E-state index contributed by atoms with van der Waals surface area (Å²) in [5.41, 5.74) is 1.04. The second-order valence-electron chi connectivity index (χ2n) is 4.16. The molecule has 0 radical (unpaired) electrons. The number of aromatic nitrogens is 3. The first-order chi connectivity index (χ1) is 9.28. The van der Waals surface area contributed by atoms with Gasteiger partial charge in [-0.25, -0.2) is 4.98 Å². The van der Waals surface area contributed by atoms with Crippen LogP contribution in [0, 0.1) is 11.3 Å². The Balaban J connectivity index is 2.07. The summed E-state index contributed by atoms with van der Waals surface area (Å²) in [6, 6.07) is 12.8. The molecule has 0 amide bonds. The standard InChI is InChI=1S/C14H10N4O/c15-8-10-4-3-7-18(10)9-13-16-12-6-2-1-5-11(12)14(19)17-13/h1-7H,9H2,(H,16,17,19). The van der Waals surface area contributed by atoms with Crippen LogP contribution in [0.25, 0.3) is 10.9 Å². The Morgan fingerprint density at radius 2 is 2.11 bits per heavy atom. The van der Waals surface area contributed by atoms with Gasteiger partial charge in [0.15, 0.2) is 0 Å². The van der Waals surface area contributed by atoms with Crippen LogP contribution < -0.4 is 5.56 Å². The van der Waals surface area contributed by atoms with Gasteiger partial charge in [-0.1, -0.05) is 12.1 Å². The van der Waals surface area contributed by atoms with E-state index >= 15 is 0 Å². The first-order valence-corrected chi connectivity index (χ1v) is 5.81. The van der Waals surface area contributed by atoms with Crippen LogP contribution in [0.1, 0.15) is 11.5 Å². The summed E-state index contributed by atoms with van der Waals surface area (Å²) in [4.78, 5) is 19.1. The third-order valence-electron chi connectivity index (χ3n) is 2.93. The maximum Gasteiger partial charge on any atom is 0.258 e. The van der Waals surface area contributed by atoms with E-state index in [0.29, 0.717) is 29.0 Å². The Morgan fingerprint density at radius 1 is 1.26 bits per heavy atom. The molecule has 0 unspecified atom stereocenters. The van der Waals surface area contributed by atoms with Crippen molar-refractivity contribution < 1.29 is 0 Å². The molecule has 0 fully saturated rings. The van der Waals surface area contributed by atoms with Crippen molar-refractivity contribution in [2.75, 3.05) is 0 Å². The molecule has 5 nitrogen and oxygen atoms in total. The van der Waals surface area contributed by atoms with E-state index in [1.807, 2.05) is 6.07 Å². The monoisotopic (exact) mass is 250 g/mol. The molecule has 0 aliphatic heterocycles. The number of hydrogen-bond acceptors (Lipinski definition) is 3. The molecule has 0 aliphatic rings. The highest BCUT2D eigenvalue weighted by atomic mass is 16.1. The topological polar surface area (TPSA) is 74.5 Å². The largest absolute Gasteiger partial charge is 0.332 e. The fourth-order valence-electron chi connectivity index (χ4n) is 2.02. The maximum atomic E-state index is 11.9. The van der Waals surface area contributed by atoms with Gasteiger partial charge >= 0.3 is 0 Å². The molecule has 1 aromatic carbocycles. The van der Waals surface area contributed by atoms with Crippen molar-refractivity contribution in [2.45, 2.75) is 6.54 Å². The lowest BCUT2D eigenvalue weighted by Gasteiger charge is -2.05. The summed E-state index contributed by atoms with van der Waals surface area (Å²) in [7, 11) is 0. The molecule has 0 saturated heterocycles. The van der Waals surface area contributed by atoms with Gasteiger partial charge in [-0.2, -0.15) is 5.26 Å². The zero-order valence-electron chi connectivity index (χ0n) is 10.00. The van der Waals surface area contributed by atoms with Crippen molar-refractivity contribution in [3.8, 4) is 6.07 Å². The molecule has 0 aliphatic carbocycles. The Bertz CT molecular complexity index is 838. The van der Waals surface area contributed by atoms with Crippen molar-refractivity contribution in [3.05, 3.63) is 64.5 Å². The van der Waals surface area contributed by atoms with E-state index in [2.05, 4.69) is 16.0 Å². The van der Waals surface area contributed by atoms with Gasteiger partial charge in [-0.05, 0) is 24.3 Å². The van der Waals surface area contributed by atoms with Crippen molar-refractivity contribution in [2.24, 2.45) is 0 Å². The summed E-state index contributed by atoms with van der Waals surface area (Å²) in [6.07, 6.45) is 1.79. The zero-order chi connectivity index (χ0) is 13.2. The van der Waals surface area contributed by atoms with E-state index in [0.717, 1.165) is 0 Å². The maximum absolute atomic E-state index is 11.9. The van der Waals surface area contributed by atoms with Crippen LogP contribution in [0.5, 0.6) is 0 Å². The summed E-state index contributed by atoms with van der Waals surface area (Å²) < 4.78 is 1.74. The number of rotatable bonds is 2. The number of para-hydroxylation sites is 1. The van der Waals surface area contributed by atoms with Gasteiger partial charge in [-0.15, -0.1) is 0 Å². The van der Waals surface area contributed by atoms with E-state index < -0.39 is 0 Å². The fourth-order valence-corrected chi connectivity index (χ4v) is 2.02. The minimum absolute atomic E-state index is 0.161. The highest BCUT2D eigenvalue weighted by Crippen LogP contribution is 2.08.